The van der Waals surface area contributed by atoms with Gasteiger partial charge >= 0.3 is 5.97 Å². The van der Waals surface area contributed by atoms with Gasteiger partial charge in [0.05, 0.1) is 17.8 Å². The SMILES string of the molecule is C=C[C@@]1(C)CC(=O)[C@]2(O)[C@@]3(C)[C@@H](O)CCC(C)(C)[C@@H]3[C@H](O)[C@H](OC(=O)C3CCCN3)[C@@]2(C)O1. The first-order valence-electron chi connectivity index (χ1n) is 12.1. The fourth-order valence-electron chi connectivity index (χ4n) is 7.57. The summed E-state index contributed by atoms with van der Waals surface area (Å²) in [5.74, 6) is -1.77. The van der Waals surface area contributed by atoms with Crippen LogP contribution in [0.2, 0.25) is 0 Å². The molecule has 4 fully saturated rings. The standard InChI is InChI=1S/C25H39NO7/c1-7-22(4)13-16(28)25(31)23(5)15(27)10-11-21(2,3)18(23)17(29)19(24(25,6)33-22)32-20(30)14-9-8-12-26-14/h7,14-15,17-19,26-27,29,31H,1,8-13H2,2-6H3/t14?,15-,17-,18-,19-,22-,23-,24+,25-/m0/s1. The van der Waals surface area contributed by atoms with Crippen LogP contribution in [0.25, 0.3) is 0 Å². The van der Waals surface area contributed by atoms with Crippen molar-refractivity contribution in [2.75, 3.05) is 6.54 Å². The van der Waals surface area contributed by atoms with E-state index in [-0.39, 0.29) is 6.42 Å². The van der Waals surface area contributed by atoms with Crippen molar-refractivity contribution in [2.24, 2.45) is 16.7 Å². The van der Waals surface area contributed by atoms with E-state index in [9.17, 15) is 24.9 Å². The van der Waals surface area contributed by atoms with E-state index in [2.05, 4.69) is 11.9 Å². The van der Waals surface area contributed by atoms with Gasteiger partial charge in [-0.05, 0) is 51.5 Å². The Labute approximate surface area is 195 Å². The fraction of sp³-hybridized carbons (Fsp3) is 0.840. The lowest BCUT2D eigenvalue weighted by atomic mass is 9.40. The summed E-state index contributed by atoms with van der Waals surface area (Å²) in [5, 5.41) is 38.5. The average Bonchev–Trinajstić information content (AvgIpc) is 3.26. The second-order valence-electron chi connectivity index (χ2n) is 11.8. The van der Waals surface area contributed by atoms with Gasteiger partial charge in [-0.1, -0.05) is 26.8 Å². The lowest BCUT2D eigenvalue weighted by Crippen LogP contribution is -2.86. The molecule has 33 heavy (non-hydrogen) atoms. The lowest BCUT2D eigenvalue weighted by molar-refractivity contribution is -0.370. The van der Waals surface area contributed by atoms with Crippen molar-refractivity contribution < 1.29 is 34.4 Å². The zero-order valence-electron chi connectivity index (χ0n) is 20.4. The number of hydrogen-bond donors (Lipinski definition) is 4. The molecule has 9 atom stereocenters. The molecule has 0 aromatic heterocycles. The van der Waals surface area contributed by atoms with Gasteiger partial charge in [-0.15, -0.1) is 6.58 Å². The zero-order valence-corrected chi connectivity index (χ0v) is 20.4. The maximum Gasteiger partial charge on any atom is 0.323 e. The van der Waals surface area contributed by atoms with E-state index in [4.69, 9.17) is 9.47 Å². The van der Waals surface area contributed by atoms with Gasteiger partial charge in [0, 0.05) is 17.8 Å². The number of fused-ring (bicyclic) bond motifs is 3. The Morgan fingerprint density at radius 1 is 1.21 bits per heavy atom. The van der Waals surface area contributed by atoms with Gasteiger partial charge in [-0.2, -0.15) is 0 Å². The number of esters is 1. The Bertz CT molecular complexity index is 854. The van der Waals surface area contributed by atoms with Crippen LogP contribution in [0.15, 0.2) is 12.7 Å². The highest BCUT2D eigenvalue weighted by molar-refractivity contribution is 5.92. The molecule has 2 heterocycles. The summed E-state index contributed by atoms with van der Waals surface area (Å²) in [5.41, 5.74) is -7.10. The number of carbonyl (C=O) groups is 2. The summed E-state index contributed by atoms with van der Waals surface area (Å²) in [6.45, 7) is 13.3. The third-order valence-electron chi connectivity index (χ3n) is 9.31. The van der Waals surface area contributed by atoms with E-state index < -0.39 is 69.7 Å². The number of Topliss-reactive ketones (excluding diaryl/α,β-unsaturated/α-hetero) is 1. The molecule has 0 amide bonds. The van der Waals surface area contributed by atoms with Crippen LogP contribution in [0.5, 0.6) is 0 Å². The van der Waals surface area contributed by atoms with Crippen LogP contribution in [-0.4, -0.2) is 74.8 Å². The van der Waals surface area contributed by atoms with Gasteiger partial charge < -0.3 is 30.1 Å². The average molecular weight is 466 g/mol. The summed E-state index contributed by atoms with van der Waals surface area (Å²) in [6, 6.07) is -0.516. The maximum absolute atomic E-state index is 13.8. The van der Waals surface area contributed by atoms with Crippen molar-refractivity contribution >= 4 is 11.8 Å². The van der Waals surface area contributed by atoms with Crippen molar-refractivity contribution in [3.05, 3.63) is 12.7 Å². The third-order valence-corrected chi connectivity index (χ3v) is 9.31. The summed E-state index contributed by atoms with van der Waals surface area (Å²) in [4.78, 5) is 26.9. The van der Waals surface area contributed by atoms with Crippen molar-refractivity contribution in [1.82, 2.24) is 5.32 Å². The molecule has 0 aromatic carbocycles. The molecular weight excluding hydrogens is 426 g/mol. The Morgan fingerprint density at radius 2 is 1.88 bits per heavy atom. The smallest absolute Gasteiger partial charge is 0.323 e. The largest absolute Gasteiger partial charge is 0.455 e. The molecule has 0 aromatic rings. The number of nitrogens with one attached hydrogen (secondary N) is 1. The number of rotatable bonds is 3. The van der Waals surface area contributed by atoms with E-state index in [1.165, 1.54) is 13.0 Å². The van der Waals surface area contributed by atoms with Crippen LogP contribution in [0.4, 0.5) is 0 Å². The van der Waals surface area contributed by atoms with Gasteiger partial charge in [0.25, 0.3) is 0 Å². The molecule has 0 bridgehead atoms. The van der Waals surface area contributed by atoms with Gasteiger partial charge in [0.2, 0.25) is 0 Å². The number of ketones is 1. The van der Waals surface area contributed by atoms with Crippen LogP contribution in [0.1, 0.15) is 66.7 Å². The number of carbonyl (C=O) groups excluding carboxylic acids is 2. The molecule has 0 spiro atoms. The molecule has 2 aliphatic carbocycles. The molecule has 2 saturated carbocycles. The summed E-state index contributed by atoms with van der Waals surface area (Å²) in [6.07, 6.45) is 0.113. The van der Waals surface area contributed by atoms with E-state index in [1.54, 1.807) is 13.8 Å². The van der Waals surface area contributed by atoms with Gasteiger partial charge in [-0.3, -0.25) is 9.59 Å². The molecule has 186 valence electrons. The van der Waals surface area contributed by atoms with Crippen molar-refractivity contribution in [2.45, 2.75) is 108 Å². The van der Waals surface area contributed by atoms with Gasteiger partial charge in [-0.25, -0.2) is 0 Å². The van der Waals surface area contributed by atoms with Crippen molar-refractivity contribution in [3.8, 4) is 0 Å². The predicted octanol–water partition coefficient (Wildman–Crippen LogP) is 1.25. The highest BCUT2D eigenvalue weighted by Gasteiger charge is 2.81. The quantitative estimate of drug-likeness (QED) is 0.363. The topological polar surface area (TPSA) is 125 Å². The molecule has 2 aliphatic heterocycles. The van der Waals surface area contributed by atoms with Crippen LogP contribution in [-0.2, 0) is 19.1 Å². The highest BCUT2D eigenvalue weighted by Crippen LogP contribution is 2.67. The Hall–Kier alpha value is -1.32. The second-order valence-corrected chi connectivity index (χ2v) is 11.8. The minimum atomic E-state index is -2.20. The normalized spacial score (nSPS) is 51.4. The molecule has 2 saturated heterocycles. The summed E-state index contributed by atoms with van der Waals surface area (Å²) < 4.78 is 12.3. The Morgan fingerprint density at radius 3 is 2.45 bits per heavy atom. The lowest BCUT2D eigenvalue weighted by Gasteiger charge is -2.71. The van der Waals surface area contributed by atoms with Crippen LogP contribution >= 0.6 is 0 Å². The van der Waals surface area contributed by atoms with E-state index in [0.29, 0.717) is 25.8 Å². The van der Waals surface area contributed by atoms with E-state index >= 15 is 0 Å². The number of aliphatic hydroxyl groups excluding tert-OH is 2. The minimum Gasteiger partial charge on any atom is -0.455 e. The molecule has 8 heteroatoms. The molecule has 0 radical (unpaired) electrons. The zero-order chi connectivity index (χ0) is 24.6. The number of aliphatic hydroxyl groups is 3. The minimum absolute atomic E-state index is 0.140. The summed E-state index contributed by atoms with van der Waals surface area (Å²) in [7, 11) is 0. The Balaban J connectivity index is 1.90. The predicted molar refractivity (Wildman–Crippen MR) is 120 cm³/mol. The van der Waals surface area contributed by atoms with Crippen LogP contribution in [0, 0.1) is 16.7 Å². The molecular formula is C25H39NO7. The Kier molecular flexibility index (Phi) is 5.70. The van der Waals surface area contributed by atoms with Crippen LogP contribution < -0.4 is 5.32 Å². The monoisotopic (exact) mass is 465 g/mol. The summed E-state index contributed by atoms with van der Waals surface area (Å²) >= 11 is 0. The van der Waals surface area contributed by atoms with E-state index in [1.807, 2.05) is 13.8 Å². The number of ether oxygens (including phenoxy) is 2. The highest BCUT2D eigenvalue weighted by atomic mass is 16.6. The molecule has 8 nitrogen and oxygen atoms in total. The van der Waals surface area contributed by atoms with Gasteiger partial charge in [0.1, 0.15) is 11.6 Å². The van der Waals surface area contributed by atoms with Crippen LogP contribution in [0.3, 0.4) is 0 Å². The molecule has 4 N–H and O–H groups in total. The first-order chi connectivity index (χ1) is 15.2. The molecule has 4 aliphatic rings. The van der Waals surface area contributed by atoms with E-state index in [0.717, 1.165) is 6.42 Å². The second kappa shape index (κ2) is 7.59. The van der Waals surface area contributed by atoms with Crippen molar-refractivity contribution in [1.29, 1.82) is 0 Å². The molecule has 4 rings (SSSR count). The third kappa shape index (κ3) is 3.14. The first kappa shape index (κ1) is 24.8. The maximum atomic E-state index is 13.8. The molecule has 1 unspecified atom stereocenters. The van der Waals surface area contributed by atoms with Gasteiger partial charge in [0.15, 0.2) is 17.5 Å². The van der Waals surface area contributed by atoms with Crippen molar-refractivity contribution in [3.63, 3.8) is 0 Å². The number of hydrogen-bond acceptors (Lipinski definition) is 8. The first-order valence-corrected chi connectivity index (χ1v) is 12.1. The fourth-order valence-corrected chi connectivity index (χ4v) is 7.57.